The number of aromatic nitrogens is 2. The van der Waals surface area contributed by atoms with E-state index in [1.54, 1.807) is 18.2 Å². The van der Waals surface area contributed by atoms with Gasteiger partial charge < -0.3 is 9.80 Å². The van der Waals surface area contributed by atoms with Crippen molar-refractivity contribution in [1.29, 1.82) is 0 Å². The highest BCUT2D eigenvalue weighted by molar-refractivity contribution is 7.09. The first-order valence-corrected chi connectivity index (χ1v) is 9.14. The van der Waals surface area contributed by atoms with E-state index in [2.05, 4.69) is 9.97 Å². The van der Waals surface area contributed by atoms with Crippen molar-refractivity contribution in [3.05, 3.63) is 46.2 Å². The van der Waals surface area contributed by atoms with Gasteiger partial charge >= 0.3 is 6.18 Å². The van der Waals surface area contributed by atoms with E-state index >= 15 is 0 Å². The molecule has 1 aliphatic heterocycles. The van der Waals surface area contributed by atoms with E-state index in [1.807, 2.05) is 0 Å². The van der Waals surface area contributed by atoms with Crippen molar-refractivity contribution < 1.29 is 22.8 Å². The summed E-state index contributed by atoms with van der Waals surface area (Å²) >= 11 is 0.853. The maximum absolute atomic E-state index is 12.8. The van der Waals surface area contributed by atoms with Crippen LogP contribution in [0.3, 0.4) is 0 Å². The summed E-state index contributed by atoms with van der Waals surface area (Å²) in [6.45, 7) is 0.400. The normalized spacial score (nSPS) is 17.2. The van der Waals surface area contributed by atoms with Gasteiger partial charge in [-0.25, -0.2) is 4.98 Å². The molecule has 0 spiro atoms. The molecule has 0 saturated carbocycles. The van der Waals surface area contributed by atoms with Gasteiger partial charge in [0.2, 0.25) is 5.91 Å². The molecular formula is C17H17F3N4O2S. The van der Waals surface area contributed by atoms with Crippen molar-refractivity contribution in [2.24, 2.45) is 0 Å². The number of hydrogen-bond donors (Lipinski definition) is 0. The Balaban J connectivity index is 1.68. The van der Waals surface area contributed by atoms with Crippen LogP contribution in [-0.2, 0) is 17.5 Å². The number of likely N-dealkylation sites (tertiary alicyclic amines) is 1. The SMILES string of the molecule is CN(Cc1nc(C(F)(F)F)cs1)C(=O)[C@@H]1CCCN1C(=O)c1ccccn1. The first kappa shape index (κ1) is 19.3. The van der Waals surface area contributed by atoms with Gasteiger partial charge in [0.05, 0.1) is 6.54 Å². The van der Waals surface area contributed by atoms with Crippen molar-refractivity contribution in [2.45, 2.75) is 31.6 Å². The van der Waals surface area contributed by atoms with E-state index in [0.717, 1.165) is 16.7 Å². The van der Waals surface area contributed by atoms with Crippen LogP contribution in [0.5, 0.6) is 0 Å². The number of nitrogens with zero attached hydrogens (tertiary/aromatic N) is 4. The average Bonchev–Trinajstić information content (AvgIpc) is 3.30. The minimum absolute atomic E-state index is 0.0400. The number of carbonyl (C=O) groups excluding carboxylic acids is 2. The van der Waals surface area contributed by atoms with Gasteiger partial charge in [-0.1, -0.05) is 6.07 Å². The molecule has 1 fully saturated rings. The Kier molecular flexibility index (Phi) is 5.45. The lowest BCUT2D eigenvalue weighted by atomic mass is 10.2. The van der Waals surface area contributed by atoms with Gasteiger partial charge in [0.25, 0.3) is 5.91 Å². The van der Waals surface area contributed by atoms with Crippen molar-refractivity contribution in [3.63, 3.8) is 0 Å². The molecule has 144 valence electrons. The Labute approximate surface area is 157 Å². The fourth-order valence-corrected chi connectivity index (χ4v) is 3.81. The van der Waals surface area contributed by atoms with E-state index in [-0.39, 0.29) is 29.1 Å². The Bertz CT molecular complexity index is 825. The van der Waals surface area contributed by atoms with Crippen LogP contribution in [0.1, 0.15) is 34.0 Å². The molecule has 3 rings (SSSR count). The predicted octanol–water partition coefficient (Wildman–Crippen LogP) is 2.82. The zero-order valence-electron chi connectivity index (χ0n) is 14.4. The van der Waals surface area contributed by atoms with Crippen LogP contribution in [0.25, 0.3) is 0 Å². The molecule has 0 unspecified atom stereocenters. The van der Waals surface area contributed by atoms with Crippen LogP contribution < -0.4 is 0 Å². The van der Waals surface area contributed by atoms with Gasteiger partial charge in [-0.3, -0.25) is 14.6 Å². The molecular weight excluding hydrogens is 381 g/mol. The third-order valence-corrected chi connectivity index (χ3v) is 5.11. The van der Waals surface area contributed by atoms with Gasteiger partial charge in [-0.15, -0.1) is 11.3 Å². The molecule has 6 nitrogen and oxygen atoms in total. The molecule has 0 aliphatic carbocycles. The smallest absolute Gasteiger partial charge is 0.337 e. The van der Waals surface area contributed by atoms with Crippen molar-refractivity contribution >= 4 is 23.2 Å². The number of pyridine rings is 1. The maximum atomic E-state index is 12.8. The van der Waals surface area contributed by atoms with Crippen LogP contribution in [0.4, 0.5) is 13.2 Å². The molecule has 0 bridgehead atoms. The summed E-state index contributed by atoms with van der Waals surface area (Å²) in [7, 11) is 1.50. The minimum atomic E-state index is -4.51. The van der Waals surface area contributed by atoms with E-state index in [1.165, 1.54) is 23.0 Å². The van der Waals surface area contributed by atoms with Crippen LogP contribution in [0.15, 0.2) is 29.8 Å². The molecule has 27 heavy (non-hydrogen) atoms. The van der Waals surface area contributed by atoms with E-state index in [0.29, 0.717) is 19.4 Å². The summed E-state index contributed by atoms with van der Waals surface area (Å²) in [5.74, 6) is -0.644. The Morgan fingerprint density at radius 3 is 2.78 bits per heavy atom. The van der Waals surface area contributed by atoms with E-state index < -0.39 is 17.9 Å². The van der Waals surface area contributed by atoms with Crippen LogP contribution in [0.2, 0.25) is 0 Å². The lowest BCUT2D eigenvalue weighted by Crippen LogP contribution is -2.46. The number of alkyl halides is 3. The highest BCUT2D eigenvalue weighted by Crippen LogP contribution is 2.30. The highest BCUT2D eigenvalue weighted by Gasteiger charge is 2.37. The molecule has 2 aromatic rings. The Hall–Kier alpha value is -2.49. The number of likely N-dealkylation sites (N-methyl/N-ethyl adjacent to an activating group) is 1. The lowest BCUT2D eigenvalue weighted by molar-refractivity contribution is -0.140. The van der Waals surface area contributed by atoms with Gasteiger partial charge in [-0.05, 0) is 25.0 Å². The fraction of sp³-hybridized carbons (Fsp3) is 0.412. The van der Waals surface area contributed by atoms with Gasteiger partial charge in [0, 0.05) is 25.2 Å². The maximum Gasteiger partial charge on any atom is 0.434 e. The summed E-state index contributed by atoms with van der Waals surface area (Å²) in [4.78, 5) is 35.7. The third-order valence-electron chi connectivity index (χ3n) is 4.27. The topological polar surface area (TPSA) is 66.4 Å². The number of hydrogen-bond acceptors (Lipinski definition) is 5. The zero-order valence-corrected chi connectivity index (χ0v) is 15.3. The highest BCUT2D eigenvalue weighted by atomic mass is 32.1. The molecule has 1 atom stereocenters. The number of rotatable bonds is 4. The standard InChI is InChI=1S/C17H17F3N4O2S/c1-23(9-14-22-13(10-27-14)17(18,19)20)16(26)12-6-4-8-24(12)15(25)11-5-2-3-7-21-11/h2-3,5,7,10,12H,4,6,8-9H2,1H3/t12-/m0/s1. The summed E-state index contributed by atoms with van der Waals surface area (Å²) in [5.41, 5.74) is -0.703. The second-order valence-corrected chi connectivity index (χ2v) is 7.13. The number of halogens is 3. The Morgan fingerprint density at radius 1 is 1.37 bits per heavy atom. The van der Waals surface area contributed by atoms with Crippen LogP contribution >= 0.6 is 11.3 Å². The molecule has 0 radical (unpaired) electrons. The fourth-order valence-electron chi connectivity index (χ4n) is 2.95. The summed E-state index contributed by atoms with van der Waals surface area (Å²) in [6.07, 6.45) is -1.81. The second-order valence-electron chi connectivity index (χ2n) is 6.19. The van der Waals surface area contributed by atoms with Gasteiger partial charge in [0.1, 0.15) is 16.7 Å². The molecule has 2 amide bonds. The molecule has 0 aromatic carbocycles. The van der Waals surface area contributed by atoms with Crippen LogP contribution in [-0.4, -0.2) is 51.2 Å². The lowest BCUT2D eigenvalue weighted by Gasteiger charge is -2.27. The van der Waals surface area contributed by atoms with Gasteiger partial charge in [0.15, 0.2) is 5.69 Å². The molecule has 1 aliphatic rings. The molecule has 2 aromatic heterocycles. The summed E-state index contributed by atoms with van der Waals surface area (Å²) in [5, 5.41) is 1.12. The van der Waals surface area contributed by atoms with Crippen molar-refractivity contribution in [3.8, 4) is 0 Å². The summed E-state index contributed by atoms with van der Waals surface area (Å²) < 4.78 is 38.0. The van der Waals surface area contributed by atoms with Gasteiger partial charge in [-0.2, -0.15) is 13.2 Å². The van der Waals surface area contributed by atoms with E-state index in [4.69, 9.17) is 0 Å². The number of carbonyl (C=O) groups is 2. The monoisotopic (exact) mass is 398 g/mol. The quantitative estimate of drug-likeness (QED) is 0.794. The van der Waals surface area contributed by atoms with E-state index in [9.17, 15) is 22.8 Å². The third kappa shape index (κ3) is 4.26. The zero-order chi connectivity index (χ0) is 19.6. The van der Waals surface area contributed by atoms with Crippen molar-refractivity contribution in [1.82, 2.24) is 19.8 Å². The molecule has 10 heteroatoms. The largest absolute Gasteiger partial charge is 0.434 e. The van der Waals surface area contributed by atoms with Crippen molar-refractivity contribution in [2.75, 3.05) is 13.6 Å². The molecule has 0 N–H and O–H groups in total. The molecule has 1 saturated heterocycles. The first-order chi connectivity index (χ1) is 12.8. The number of amides is 2. The predicted molar refractivity (Wildman–Crippen MR) is 91.9 cm³/mol. The first-order valence-electron chi connectivity index (χ1n) is 8.26. The number of thiazole rings is 1. The summed E-state index contributed by atoms with van der Waals surface area (Å²) in [6, 6.07) is 4.33. The average molecular weight is 398 g/mol. The minimum Gasteiger partial charge on any atom is -0.337 e. The van der Waals surface area contributed by atoms with Crippen LogP contribution in [0, 0.1) is 0 Å². The Morgan fingerprint density at radius 2 is 2.15 bits per heavy atom. The molecule has 3 heterocycles. The second kappa shape index (κ2) is 7.63.